The predicted octanol–water partition coefficient (Wildman–Crippen LogP) is 3.07. The quantitative estimate of drug-likeness (QED) is 0.616. The molecule has 0 unspecified atom stereocenters. The first kappa shape index (κ1) is 17.8. The first-order valence-corrected chi connectivity index (χ1v) is 8.33. The highest BCUT2D eigenvalue weighted by Gasteiger charge is 2.19. The maximum Gasteiger partial charge on any atom is 0.289 e. The number of sulfonamides is 1. The minimum atomic E-state index is -3.98. The fourth-order valence-electron chi connectivity index (χ4n) is 1.91. The van der Waals surface area contributed by atoms with Crippen LogP contribution >= 0.6 is 11.6 Å². The first-order valence-electron chi connectivity index (χ1n) is 6.47. The standard InChI is InChI=1S/C14H13ClN2O6S/c1-22-13-6-4-10(8-14(13)23-2)24(20,21)16-9-3-5-11(15)12(7-9)17(18)19/h3-8,16H,1-2H3. The van der Waals surface area contributed by atoms with Gasteiger partial charge in [-0.1, -0.05) is 11.6 Å². The van der Waals surface area contributed by atoms with E-state index in [9.17, 15) is 18.5 Å². The van der Waals surface area contributed by atoms with Gasteiger partial charge >= 0.3 is 0 Å². The molecule has 2 rings (SSSR count). The highest BCUT2D eigenvalue weighted by atomic mass is 35.5. The lowest BCUT2D eigenvalue weighted by Gasteiger charge is -2.11. The van der Waals surface area contributed by atoms with Gasteiger partial charge in [0.05, 0.1) is 29.7 Å². The number of ether oxygens (including phenoxy) is 2. The Labute approximate surface area is 143 Å². The van der Waals surface area contributed by atoms with Crippen LogP contribution in [0.1, 0.15) is 0 Å². The number of nitrogens with one attached hydrogen (secondary N) is 1. The summed E-state index contributed by atoms with van der Waals surface area (Å²) < 4.78 is 37.2. The summed E-state index contributed by atoms with van der Waals surface area (Å²) in [6.45, 7) is 0. The molecule has 0 fully saturated rings. The molecule has 2 aromatic carbocycles. The molecule has 24 heavy (non-hydrogen) atoms. The number of anilines is 1. The molecule has 2 aromatic rings. The van der Waals surface area contributed by atoms with Crippen LogP contribution in [0.5, 0.6) is 11.5 Å². The van der Waals surface area contributed by atoms with Gasteiger partial charge in [-0.25, -0.2) is 8.42 Å². The van der Waals surface area contributed by atoms with E-state index >= 15 is 0 Å². The molecule has 0 aliphatic heterocycles. The summed E-state index contributed by atoms with van der Waals surface area (Å²) in [6.07, 6.45) is 0. The van der Waals surface area contributed by atoms with Gasteiger partial charge in [0.15, 0.2) is 11.5 Å². The lowest BCUT2D eigenvalue weighted by Crippen LogP contribution is -2.13. The number of hydrogen-bond donors (Lipinski definition) is 1. The summed E-state index contributed by atoms with van der Waals surface area (Å²) in [5.74, 6) is 0.612. The van der Waals surface area contributed by atoms with Crippen molar-refractivity contribution < 1.29 is 22.8 Å². The molecular formula is C14H13ClN2O6S. The summed E-state index contributed by atoms with van der Waals surface area (Å²) in [5, 5.41) is 10.8. The fraction of sp³-hybridized carbons (Fsp3) is 0.143. The van der Waals surface area contributed by atoms with Crippen molar-refractivity contribution in [2.75, 3.05) is 18.9 Å². The van der Waals surface area contributed by atoms with Gasteiger partial charge in [-0.2, -0.15) is 0 Å². The number of hydrogen-bond acceptors (Lipinski definition) is 6. The van der Waals surface area contributed by atoms with Crippen molar-refractivity contribution in [1.29, 1.82) is 0 Å². The third kappa shape index (κ3) is 3.69. The Bertz CT molecular complexity index is 885. The SMILES string of the molecule is COc1ccc(S(=O)(=O)Nc2ccc(Cl)c([N+](=O)[O-])c2)cc1OC. The Balaban J connectivity index is 2.38. The van der Waals surface area contributed by atoms with Crippen LogP contribution in [0.25, 0.3) is 0 Å². The molecule has 0 spiro atoms. The molecule has 0 saturated carbocycles. The van der Waals surface area contributed by atoms with Crippen molar-refractivity contribution >= 4 is 33.0 Å². The number of benzene rings is 2. The van der Waals surface area contributed by atoms with Crippen molar-refractivity contribution in [3.63, 3.8) is 0 Å². The summed E-state index contributed by atoms with van der Waals surface area (Å²) in [4.78, 5) is 10.1. The molecule has 0 aliphatic rings. The van der Waals surface area contributed by atoms with Crippen molar-refractivity contribution in [2.24, 2.45) is 0 Å². The monoisotopic (exact) mass is 372 g/mol. The number of nitrogens with zero attached hydrogens (tertiary/aromatic N) is 1. The molecule has 0 saturated heterocycles. The highest BCUT2D eigenvalue weighted by Crippen LogP contribution is 2.31. The van der Waals surface area contributed by atoms with Gasteiger partial charge in [0.1, 0.15) is 5.02 Å². The van der Waals surface area contributed by atoms with Crippen molar-refractivity contribution in [1.82, 2.24) is 0 Å². The smallest absolute Gasteiger partial charge is 0.289 e. The predicted molar refractivity (Wildman–Crippen MR) is 88.5 cm³/mol. The van der Waals surface area contributed by atoms with Gasteiger partial charge in [0.25, 0.3) is 15.7 Å². The molecular weight excluding hydrogens is 360 g/mol. The number of halogens is 1. The van der Waals surface area contributed by atoms with Gasteiger partial charge in [0.2, 0.25) is 0 Å². The van der Waals surface area contributed by atoms with E-state index in [1.165, 1.54) is 44.6 Å². The Kier molecular flexibility index (Phi) is 5.15. The van der Waals surface area contributed by atoms with Crippen molar-refractivity contribution in [2.45, 2.75) is 4.90 Å². The van der Waals surface area contributed by atoms with Crippen molar-refractivity contribution in [3.05, 3.63) is 51.5 Å². The van der Waals surface area contributed by atoms with Crippen LogP contribution < -0.4 is 14.2 Å². The zero-order valence-electron chi connectivity index (χ0n) is 12.6. The molecule has 0 radical (unpaired) electrons. The van der Waals surface area contributed by atoms with E-state index in [-0.39, 0.29) is 21.4 Å². The zero-order valence-corrected chi connectivity index (χ0v) is 14.2. The second-order valence-corrected chi connectivity index (χ2v) is 6.64. The molecule has 0 atom stereocenters. The minimum absolute atomic E-state index is 0.0147. The average Bonchev–Trinajstić information content (AvgIpc) is 2.55. The zero-order chi connectivity index (χ0) is 17.9. The number of rotatable bonds is 6. The Morgan fingerprint density at radius 2 is 1.75 bits per heavy atom. The fourth-order valence-corrected chi connectivity index (χ4v) is 3.16. The van der Waals surface area contributed by atoms with E-state index in [2.05, 4.69) is 4.72 Å². The van der Waals surface area contributed by atoms with E-state index in [1.54, 1.807) is 0 Å². The number of methoxy groups -OCH3 is 2. The maximum absolute atomic E-state index is 12.4. The normalized spacial score (nSPS) is 11.0. The Hall–Kier alpha value is -2.52. The molecule has 0 amide bonds. The van der Waals surface area contributed by atoms with Crippen molar-refractivity contribution in [3.8, 4) is 11.5 Å². The van der Waals surface area contributed by atoms with E-state index in [0.29, 0.717) is 5.75 Å². The average molecular weight is 373 g/mol. The van der Waals surface area contributed by atoms with Gasteiger partial charge in [-0.3, -0.25) is 14.8 Å². The maximum atomic E-state index is 12.4. The van der Waals surface area contributed by atoms with Crippen LogP contribution in [-0.4, -0.2) is 27.6 Å². The van der Waals surface area contributed by atoms with E-state index in [1.807, 2.05) is 0 Å². The molecule has 10 heteroatoms. The molecule has 8 nitrogen and oxygen atoms in total. The second-order valence-electron chi connectivity index (χ2n) is 4.55. The van der Waals surface area contributed by atoms with E-state index in [0.717, 1.165) is 6.07 Å². The van der Waals surface area contributed by atoms with Gasteiger partial charge in [-0.15, -0.1) is 0 Å². The summed E-state index contributed by atoms with van der Waals surface area (Å²) in [6, 6.07) is 7.66. The molecule has 0 aliphatic carbocycles. The molecule has 0 heterocycles. The summed E-state index contributed by atoms with van der Waals surface area (Å²) in [7, 11) is -1.17. The number of nitro groups is 1. The first-order chi connectivity index (χ1) is 11.3. The van der Waals surface area contributed by atoms with E-state index in [4.69, 9.17) is 21.1 Å². The lowest BCUT2D eigenvalue weighted by atomic mass is 10.3. The number of nitro benzene ring substituents is 1. The van der Waals surface area contributed by atoms with E-state index < -0.39 is 20.6 Å². The molecule has 0 bridgehead atoms. The minimum Gasteiger partial charge on any atom is -0.493 e. The second kappa shape index (κ2) is 6.93. The third-order valence-corrected chi connectivity index (χ3v) is 4.76. The highest BCUT2D eigenvalue weighted by molar-refractivity contribution is 7.92. The van der Waals surface area contributed by atoms with Crippen LogP contribution in [0.2, 0.25) is 5.02 Å². The summed E-state index contributed by atoms with van der Waals surface area (Å²) in [5.41, 5.74) is -0.384. The largest absolute Gasteiger partial charge is 0.493 e. The molecule has 128 valence electrons. The van der Waals surface area contributed by atoms with Gasteiger partial charge < -0.3 is 9.47 Å². The third-order valence-electron chi connectivity index (χ3n) is 3.06. The van der Waals surface area contributed by atoms with Crippen LogP contribution in [-0.2, 0) is 10.0 Å². The van der Waals surface area contributed by atoms with Crippen LogP contribution in [0.3, 0.4) is 0 Å². The summed E-state index contributed by atoms with van der Waals surface area (Å²) >= 11 is 5.70. The van der Waals surface area contributed by atoms with Gasteiger partial charge in [-0.05, 0) is 24.3 Å². The molecule has 1 N–H and O–H groups in total. The Morgan fingerprint density at radius 1 is 1.08 bits per heavy atom. The lowest BCUT2D eigenvalue weighted by molar-refractivity contribution is -0.384. The van der Waals surface area contributed by atoms with Gasteiger partial charge in [0, 0.05) is 12.1 Å². The topological polar surface area (TPSA) is 108 Å². The van der Waals surface area contributed by atoms with Crippen LogP contribution in [0, 0.1) is 10.1 Å². The molecule has 0 aromatic heterocycles. The van der Waals surface area contributed by atoms with Crippen LogP contribution in [0.15, 0.2) is 41.3 Å². The van der Waals surface area contributed by atoms with Crippen LogP contribution in [0.4, 0.5) is 11.4 Å². The Morgan fingerprint density at radius 3 is 2.33 bits per heavy atom.